The van der Waals surface area contributed by atoms with Crippen LogP contribution in [0, 0.1) is 5.92 Å². The Kier molecular flexibility index (Phi) is 6.64. The molecule has 2 aromatic heterocycles. The molecule has 0 bridgehead atoms. The lowest BCUT2D eigenvalue weighted by atomic mass is 10.3. The molecule has 160 valence electrons. The smallest absolute Gasteiger partial charge is 0.382 e. The third-order valence-electron chi connectivity index (χ3n) is 4.26. The summed E-state index contributed by atoms with van der Waals surface area (Å²) >= 11 is 0. The molecular formula is C22H21F3N6. The predicted molar refractivity (Wildman–Crippen MR) is 116 cm³/mol. The third kappa shape index (κ3) is 6.36. The number of rotatable bonds is 7. The van der Waals surface area contributed by atoms with Crippen LogP contribution in [0.2, 0.25) is 0 Å². The lowest BCUT2D eigenvalue weighted by molar-refractivity contribution is -0.141. The Balaban J connectivity index is 1.89. The molecule has 0 amide bonds. The van der Waals surface area contributed by atoms with Crippen LogP contribution in [0.1, 0.15) is 24.2 Å². The third-order valence-corrected chi connectivity index (χ3v) is 4.26. The number of aromatic nitrogens is 2. The molecule has 0 aromatic carbocycles. The minimum Gasteiger partial charge on any atom is -0.382 e. The van der Waals surface area contributed by atoms with Gasteiger partial charge in [0.2, 0.25) is 0 Å². The maximum Gasteiger partial charge on any atom is 0.433 e. The highest BCUT2D eigenvalue weighted by molar-refractivity contribution is 6.08. The average molecular weight is 426 g/mol. The second-order valence-electron chi connectivity index (χ2n) is 6.79. The highest BCUT2D eigenvalue weighted by Gasteiger charge is 2.32. The zero-order chi connectivity index (χ0) is 22.4. The van der Waals surface area contributed by atoms with E-state index < -0.39 is 11.9 Å². The van der Waals surface area contributed by atoms with Crippen LogP contribution >= 0.6 is 0 Å². The Morgan fingerprint density at radius 2 is 2.03 bits per heavy atom. The number of allylic oxidation sites excluding steroid dienone is 3. The number of halogens is 3. The molecule has 3 rings (SSSR count). The highest BCUT2D eigenvalue weighted by atomic mass is 19.4. The van der Waals surface area contributed by atoms with Crippen molar-refractivity contribution in [3.05, 3.63) is 85.0 Å². The van der Waals surface area contributed by atoms with Gasteiger partial charge in [-0.05, 0) is 43.0 Å². The molecule has 1 saturated carbocycles. The molecule has 2 heterocycles. The Labute approximate surface area is 177 Å². The molecule has 31 heavy (non-hydrogen) atoms. The Bertz CT molecular complexity index is 1060. The van der Waals surface area contributed by atoms with Crippen LogP contribution in [-0.4, -0.2) is 21.6 Å². The first-order valence-corrected chi connectivity index (χ1v) is 9.44. The van der Waals surface area contributed by atoms with E-state index in [0.29, 0.717) is 17.4 Å². The van der Waals surface area contributed by atoms with E-state index in [9.17, 15) is 13.2 Å². The summed E-state index contributed by atoms with van der Waals surface area (Å²) in [5.74, 6) is 1.01. The van der Waals surface area contributed by atoms with Gasteiger partial charge < -0.3 is 11.1 Å². The Hall–Kier alpha value is -3.75. The molecule has 1 aliphatic rings. The van der Waals surface area contributed by atoms with Crippen LogP contribution in [0.15, 0.2) is 83.6 Å². The first-order chi connectivity index (χ1) is 14.8. The molecule has 0 radical (unpaired) electrons. The monoisotopic (exact) mass is 426 g/mol. The minimum absolute atomic E-state index is 0.104. The second kappa shape index (κ2) is 9.38. The molecule has 0 atom stereocenters. The second-order valence-corrected chi connectivity index (χ2v) is 6.79. The minimum atomic E-state index is -4.58. The Morgan fingerprint density at radius 1 is 1.26 bits per heavy atom. The number of nitrogens with two attached hydrogens (primary N) is 1. The van der Waals surface area contributed by atoms with Gasteiger partial charge in [-0.25, -0.2) is 20.0 Å². The lowest BCUT2D eigenvalue weighted by Crippen LogP contribution is -2.19. The molecule has 2 aromatic rings. The van der Waals surface area contributed by atoms with Crippen molar-refractivity contribution in [3.63, 3.8) is 0 Å². The molecule has 1 fully saturated rings. The van der Waals surface area contributed by atoms with Crippen LogP contribution in [0.3, 0.4) is 0 Å². The van der Waals surface area contributed by atoms with Crippen molar-refractivity contribution < 1.29 is 13.2 Å². The van der Waals surface area contributed by atoms with E-state index in [4.69, 9.17) is 5.73 Å². The van der Waals surface area contributed by atoms with Crippen molar-refractivity contribution in [3.8, 4) is 0 Å². The zero-order valence-corrected chi connectivity index (χ0v) is 16.6. The van der Waals surface area contributed by atoms with Gasteiger partial charge >= 0.3 is 6.18 Å². The number of aliphatic imine (C=N–C) groups is 2. The fraction of sp³-hybridized carbons (Fsp3) is 0.182. The summed E-state index contributed by atoms with van der Waals surface area (Å²) in [6, 6.07) is 6.81. The summed E-state index contributed by atoms with van der Waals surface area (Å²) in [7, 11) is 0. The quantitative estimate of drug-likeness (QED) is 0.370. The van der Waals surface area contributed by atoms with Gasteiger partial charge in [-0.15, -0.1) is 0 Å². The molecule has 0 aliphatic heterocycles. The van der Waals surface area contributed by atoms with Crippen molar-refractivity contribution >= 4 is 23.2 Å². The van der Waals surface area contributed by atoms with Crippen molar-refractivity contribution in [2.45, 2.75) is 19.0 Å². The van der Waals surface area contributed by atoms with E-state index in [1.807, 2.05) is 0 Å². The number of alkyl halides is 3. The van der Waals surface area contributed by atoms with Gasteiger partial charge in [0.1, 0.15) is 17.2 Å². The highest BCUT2D eigenvalue weighted by Crippen LogP contribution is 2.35. The predicted octanol–water partition coefficient (Wildman–Crippen LogP) is 5.01. The van der Waals surface area contributed by atoms with Crippen LogP contribution in [0.5, 0.6) is 0 Å². The van der Waals surface area contributed by atoms with Crippen molar-refractivity contribution in [2.75, 3.05) is 5.32 Å². The molecular weight excluding hydrogens is 405 g/mol. The van der Waals surface area contributed by atoms with Crippen molar-refractivity contribution in [2.24, 2.45) is 21.6 Å². The largest absolute Gasteiger partial charge is 0.433 e. The number of pyridine rings is 2. The van der Waals surface area contributed by atoms with Gasteiger partial charge in [0, 0.05) is 18.0 Å². The van der Waals surface area contributed by atoms with E-state index >= 15 is 0 Å². The van der Waals surface area contributed by atoms with E-state index in [2.05, 4.69) is 38.4 Å². The first-order valence-electron chi connectivity index (χ1n) is 9.44. The van der Waals surface area contributed by atoms with Crippen LogP contribution in [0.4, 0.5) is 24.7 Å². The van der Waals surface area contributed by atoms with Crippen LogP contribution < -0.4 is 11.1 Å². The topological polar surface area (TPSA) is 88.5 Å². The summed E-state index contributed by atoms with van der Waals surface area (Å²) in [4.78, 5) is 16.4. The molecule has 6 nitrogen and oxygen atoms in total. The lowest BCUT2D eigenvalue weighted by Gasteiger charge is -2.08. The number of hydrogen-bond acceptors (Lipinski definition) is 4. The fourth-order valence-electron chi connectivity index (χ4n) is 2.56. The molecule has 0 unspecified atom stereocenters. The molecule has 3 N–H and O–H groups in total. The van der Waals surface area contributed by atoms with Gasteiger partial charge in [-0.1, -0.05) is 31.4 Å². The van der Waals surface area contributed by atoms with Crippen LogP contribution in [-0.2, 0) is 6.18 Å². The molecule has 1 aliphatic carbocycles. The van der Waals surface area contributed by atoms with Gasteiger partial charge in [0.15, 0.2) is 11.7 Å². The number of nitrogens with one attached hydrogen (secondary N) is 1. The zero-order valence-electron chi connectivity index (χ0n) is 16.6. The maximum absolute atomic E-state index is 12.9. The number of amidine groups is 2. The average Bonchev–Trinajstić information content (AvgIpc) is 3.57. The van der Waals surface area contributed by atoms with E-state index in [1.165, 1.54) is 24.3 Å². The summed E-state index contributed by atoms with van der Waals surface area (Å²) in [5.41, 5.74) is 6.18. The van der Waals surface area contributed by atoms with Crippen molar-refractivity contribution in [1.82, 2.24) is 9.97 Å². The van der Waals surface area contributed by atoms with E-state index in [-0.39, 0.29) is 17.4 Å². The number of hydrogen-bond donors (Lipinski definition) is 2. The van der Waals surface area contributed by atoms with Crippen molar-refractivity contribution in [1.29, 1.82) is 0 Å². The van der Waals surface area contributed by atoms with E-state index in [1.54, 1.807) is 24.4 Å². The van der Waals surface area contributed by atoms with E-state index in [0.717, 1.165) is 24.6 Å². The number of anilines is 1. The Morgan fingerprint density at radius 3 is 2.71 bits per heavy atom. The summed E-state index contributed by atoms with van der Waals surface area (Å²) in [6.45, 7) is 7.60. The van der Waals surface area contributed by atoms with Gasteiger partial charge in [0.25, 0.3) is 0 Å². The standard InChI is InChI=1S/C22H21F3N6/c1-3-4-8-19(31-21(26)17-6-5-7-18(30-17)22(23,24)25)29-16-11-12-27-20(13-16)28-14(2)15-9-10-15/h3-8,11-13,15H,1-2,9-10H2,(H3,26,27,28,29,31)/b8-4+. The van der Waals surface area contributed by atoms with Gasteiger partial charge in [-0.2, -0.15) is 13.2 Å². The molecule has 9 heteroatoms. The number of nitrogens with zero attached hydrogens (tertiary/aromatic N) is 4. The SMILES string of the molecule is C=C/C=C/C(=Nc1ccnc(NC(=C)C2CC2)c1)N=C(N)c1cccc(C(F)(F)F)n1. The summed E-state index contributed by atoms with van der Waals surface area (Å²) in [5, 5.41) is 3.16. The molecule has 0 spiro atoms. The summed E-state index contributed by atoms with van der Waals surface area (Å²) in [6.07, 6.45) is 3.85. The molecule has 0 saturated heterocycles. The van der Waals surface area contributed by atoms with Gasteiger partial charge in [0.05, 0.1) is 5.69 Å². The normalized spacial score (nSPS) is 15.2. The fourth-order valence-corrected chi connectivity index (χ4v) is 2.56. The summed E-state index contributed by atoms with van der Waals surface area (Å²) < 4.78 is 38.8. The first kappa shape index (κ1) is 21.9. The maximum atomic E-state index is 12.9. The van der Waals surface area contributed by atoms with Crippen LogP contribution in [0.25, 0.3) is 0 Å². The van der Waals surface area contributed by atoms with Gasteiger partial charge in [-0.3, -0.25) is 0 Å².